The molecule has 0 aliphatic rings. The first kappa shape index (κ1) is 17.2. The number of amides is 2. The van der Waals surface area contributed by atoms with Gasteiger partial charge in [0.1, 0.15) is 0 Å². The Kier molecular flexibility index (Phi) is 7.25. The monoisotopic (exact) mass is 259 g/mol. The van der Waals surface area contributed by atoms with Gasteiger partial charge in [0, 0.05) is 25.7 Å². The number of nitrogens with zero attached hydrogens (tertiary/aromatic N) is 2. The molecule has 108 valence electrons. The highest BCUT2D eigenvalue weighted by Crippen LogP contribution is 2.21. The highest BCUT2D eigenvalue weighted by Gasteiger charge is 2.28. The summed E-state index contributed by atoms with van der Waals surface area (Å²) < 4.78 is 0. The first-order chi connectivity index (χ1) is 8.24. The zero-order valence-electron chi connectivity index (χ0n) is 12.7. The molecule has 5 heteroatoms. The summed E-state index contributed by atoms with van der Waals surface area (Å²) >= 11 is 0. The molecule has 0 saturated carbocycles. The van der Waals surface area contributed by atoms with Gasteiger partial charge in [0.15, 0.2) is 0 Å². The molecule has 0 aliphatic heterocycles. The molecule has 0 aromatic heterocycles. The van der Waals surface area contributed by atoms with Gasteiger partial charge in [0.05, 0.1) is 6.61 Å². The van der Waals surface area contributed by atoms with Crippen molar-refractivity contribution in [3.05, 3.63) is 0 Å². The summed E-state index contributed by atoms with van der Waals surface area (Å²) in [5, 5.41) is 11.9. The van der Waals surface area contributed by atoms with Gasteiger partial charge in [0.2, 0.25) is 0 Å². The molecule has 0 bridgehead atoms. The van der Waals surface area contributed by atoms with Crippen LogP contribution >= 0.6 is 0 Å². The van der Waals surface area contributed by atoms with Crippen LogP contribution in [-0.4, -0.2) is 67.3 Å². The summed E-state index contributed by atoms with van der Waals surface area (Å²) in [5.41, 5.74) is -0.00220. The number of hydrogen-bond donors (Lipinski definition) is 2. The van der Waals surface area contributed by atoms with Crippen molar-refractivity contribution in [2.24, 2.45) is 5.41 Å². The van der Waals surface area contributed by atoms with Crippen LogP contribution in [0.3, 0.4) is 0 Å². The van der Waals surface area contributed by atoms with Crippen LogP contribution in [-0.2, 0) is 0 Å². The average Bonchev–Trinajstić information content (AvgIpc) is 2.23. The van der Waals surface area contributed by atoms with Crippen LogP contribution in [0.15, 0.2) is 0 Å². The van der Waals surface area contributed by atoms with Crippen LogP contribution in [0.1, 0.15) is 27.7 Å². The number of likely N-dealkylation sites (N-methyl/N-ethyl adjacent to an activating group) is 1. The van der Waals surface area contributed by atoms with Crippen LogP contribution in [0.2, 0.25) is 0 Å². The first-order valence-corrected chi connectivity index (χ1v) is 6.55. The van der Waals surface area contributed by atoms with Gasteiger partial charge in [-0.3, -0.25) is 0 Å². The van der Waals surface area contributed by atoms with E-state index in [0.717, 1.165) is 6.54 Å². The number of carbonyl (C=O) groups is 1. The predicted molar refractivity (Wildman–Crippen MR) is 74.7 cm³/mol. The second kappa shape index (κ2) is 7.59. The number of aliphatic hydroxyl groups excluding tert-OH is 1. The smallest absolute Gasteiger partial charge is 0.317 e. The SMILES string of the molecule is CCN(CCO)C(=O)NC(C)C(C)(C)CN(C)C. The van der Waals surface area contributed by atoms with Gasteiger partial charge in [-0.25, -0.2) is 4.79 Å². The van der Waals surface area contributed by atoms with Crippen LogP contribution in [0.5, 0.6) is 0 Å². The fourth-order valence-electron chi connectivity index (χ4n) is 1.95. The molecule has 0 radical (unpaired) electrons. The zero-order chi connectivity index (χ0) is 14.3. The van der Waals surface area contributed by atoms with E-state index in [2.05, 4.69) is 24.1 Å². The molecule has 2 amide bonds. The number of aliphatic hydroxyl groups is 1. The maximum absolute atomic E-state index is 12.0. The van der Waals surface area contributed by atoms with Crippen molar-refractivity contribution in [1.29, 1.82) is 0 Å². The van der Waals surface area contributed by atoms with Crippen molar-refractivity contribution in [2.45, 2.75) is 33.7 Å². The predicted octanol–water partition coefficient (Wildman–Crippen LogP) is 0.986. The molecular formula is C13H29N3O2. The van der Waals surface area contributed by atoms with Crippen molar-refractivity contribution in [1.82, 2.24) is 15.1 Å². The van der Waals surface area contributed by atoms with E-state index in [9.17, 15) is 4.79 Å². The van der Waals surface area contributed by atoms with Gasteiger partial charge >= 0.3 is 6.03 Å². The van der Waals surface area contributed by atoms with Crippen LogP contribution < -0.4 is 5.32 Å². The number of rotatable bonds is 7. The van der Waals surface area contributed by atoms with E-state index in [1.807, 2.05) is 27.9 Å². The quantitative estimate of drug-likeness (QED) is 0.717. The molecule has 0 fully saturated rings. The van der Waals surface area contributed by atoms with E-state index in [-0.39, 0.29) is 24.1 Å². The second-order valence-electron chi connectivity index (χ2n) is 5.70. The number of carbonyl (C=O) groups excluding carboxylic acids is 1. The Balaban J connectivity index is 4.44. The van der Waals surface area contributed by atoms with Crippen molar-refractivity contribution in [3.63, 3.8) is 0 Å². The van der Waals surface area contributed by atoms with E-state index in [1.165, 1.54) is 0 Å². The lowest BCUT2D eigenvalue weighted by molar-refractivity contribution is 0.153. The van der Waals surface area contributed by atoms with Crippen molar-refractivity contribution in [2.75, 3.05) is 40.3 Å². The molecule has 0 heterocycles. The largest absolute Gasteiger partial charge is 0.395 e. The third-order valence-corrected chi connectivity index (χ3v) is 3.27. The van der Waals surface area contributed by atoms with E-state index in [4.69, 9.17) is 5.11 Å². The molecule has 0 aliphatic carbocycles. The maximum Gasteiger partial charge on any atom is 0.317 e. The van der Waals surface area contributed by atoms with Gasteiger partial charge in [-0.2, -0.15) is 0 Å². The third-order valence-electron chi connectivity index (χ3n) is 3.27. The number of nitrogens with one attached hydrogen (secondary N) is 1. The fraction of sp³-hybridized carbons (Fsp3) is 0.923. The minimum atomic E-state index is -0.106. The van der Waals surface area contributed by atoms with Gasteiger partial charge in [-0.1, -0.05) is 13.8 Å². The molecule has 1 unspecified atom stereocenters. The van der Waals surface area contributed by atoms with Crippen molar-refractivity contribution < 1.29 is 9.90 Å². The van der Waals surface area contributed by atoms with Crippen molar-refractivity contribution in [3.8, 4) is 0 Å². The van der Waals surface area contributed by atoms with Crippen LogP contribution in [0, 0.1) is 5.41 Å². The van der Waals surface area contributed by atoms with Gasteiger partial charge in [-0.15, -0.1) is 0 Å². The van der Waals surface area contributed by atoms with Gasteiger partial charge < -0.3 is 20.2 Å². The molecule has 0 aromatic rings. The molecule has 18 heavy (non-hydrogen) atoms. The molecular weight excluding hydrogens is 230 g/mol. The summed E-state index contributed by atoms with van der Waals surface area (Å²) in [6, 6.07) is -0.0361. The van der Waals surface area contributed by atoms with E-state index >= 15 is 0 Å². The van der Waals surface area contributed by atoms with Crippen molar-refractivity contribution >= 4 is 6.03 Å². The van der Waals surface area contributed by atoms with E-state index < -0.39 is 0 Å². The Bertz CT molecular complexity index is 255. The number of hydrogen-bond acceptors (Lipinski definition) is 3. The lowest BCUT2D eigenvalue weighted by Crippen LogP contribution is -2.51. The summed E-state index contributed by atoms with van der Waals surface area (Å²) in [7, 11) is 4.06. The topological polar surface area (TPSA) is 55.8 Å². The number of urea groups is 1. The second-order valence-corrected chi connectivity index (χ2v) is 5.70. The third kappa shape index (κ3) is 5.69. The molecule has 0 saturated heterocycles. The normalized spacial score (nSPS) is 13.6. The Morgan fingerprint density at radius 3 is 2.33 bits per heavy atom. The Morgan fingerprint density at radius 1 is 1.39 bits per heavy atom. The lowest BCUT2D eigenvalue weighted by Gasteiger charge is -2.36. The highest BCUT2D eigenvalue weighted by molar-refractivity contribution is 5.74. The summed E-state index contributed by atoms with van der Waals surface area (Å²) in [5.74, 6) is 0. The van der Waals surface area contributed by atoms with Gasteiger partial charge in [-0.05, 0) is 33.4 Å². The standard InChI is InChI=1S/C13H29N3O2/c1-7-16(8-9-17)12(18)14-11(2)13(3,4)10-15(5)6/h11,17H,7-10H2,1-6H3,(H,14,18). The highest BCUT2D eigenvalue weighted by atomic mass is 16.3. The molecule has 0 spiro atoms. The molecule has 0 rings (SSSR count). The molecule has 0 aromatic carbocycles. The van der Waals surface area contributed by atoms with E-state index in [0.29, 0.717) is 13.1 Å². The fourth-order valence-corrected chi connectivity index (χ4v) is 1.95. The first-order valence-electron chi connectivity index (χ1n) is 6.55. The average molecular weight is 259 g/mol. The van der Waals surface area contributed by atoms with Crippen LogP contribution in [0.25, 0.3) is 0 Å². The molecule has 5 nitrogen and oxygen atoms in total. The maximum atomic E-state index is 12.0. The van der Waals surface area contributed by atoms with Gasteiger partial charge in [0.25, 0.3) is 0 Å². The minimum absolute atomic E-state index is 0.00220. The Morgan fingerprint density at radius 2 is 1.94 bits per heavy atom. The summed E-state index contributed by atoms with van der Waals surface area (Å²) in [4.78, 5) is 15.7. The lowest BCUT2D eigenvalue weighted by atomic mass is 9.85. The summed E-state index contributed by atoms with van der Waals surface area (Å²) in [6.07, 6.45) is 0. The Hall–Kier alpha value is -0.810. The summed E-state index contributed by atoms with van der Waals surface area (Å²) in [6.45, 7) is 10.1. The minimum Gasteiger partial charge on any atom is -0.395 e. The van der Waals surface area contributed by atoms with Crippen LogP contribution in [0.4, 0.5) is 4.79 Å². The Labute approximate surface area is 111 Å². The van der Waals surface area contributed by atoms with E-state index in [1.54, 1.807) is 4.90 Å². The zero-order valence-corrected chi connectivity index (χ0v) is 12.7. The molecule has 2 N–H and O–H groups in total. The molecule has 1 atom stereocenters.